The van der Waals surface area contributed by atoms with Gasteiger partial charge in [-0.3, -0.25) is 28.8 Å². The van der Waals surface area contributed by atoms with Crippen LogP contribution in [0.1, 0.15) is 21.9 Å². The predicted octanol–water partition coefficient (Wildman–Crippen LogP) is 3.65. The molecule has 188 valence electrons. The van der Waals surface area contributed by atoms with Gasteiger partial charge in [0, 0.05) is 65.3 Å². The third-order valence-electron chi connectivity index (χ3n) is 7.66. The highest BCUT2D eigenvalue weighted by atomic mass is 35.5. The normalized spacial score (nSPS) is 16.7. The molecule has 0 fully saturated rings. The van der Waals surface area contributed by atoms with E-state index in [1.165, 1.54) is 54.6 Å². The number of hydrogen-bond donors (Lipinski definition) is 1. The molecule has 2 atom stereocenters. The van der Waals surface area contributed by atoms with Gasteiger partial charge in [0.15, 0.2) is 32.6 Å². The number of benzene rings is 4. The van der Waals surface area contributed by atoms with E-state index in [-0.39, 0.29) is 38.4 Å². The zero-order chi connectivity index (χ0) is 27.5. The van der Waals surface area contributed by atoms with Gasteiger partial charge in [0.05, 0.1) is 16.1 Å². The van der Waals surface area contributed by atoms with Crippen molar-refractivity contribution in [3.8, 4) is 0 Å². The lowest BCUT2D eigenvalue weighted by atomic mass is 9.87. The van der Waals surface area contributed by atoms with Crippen LogP contribution in [0, 0.1) is 0 Å². The van der Waals surface area contributed by atoms with E-state index in [0.717, 1.165) is 0 Å². The molecule has 0 amide bonds. The van der Waals surface area contributed by atoms with Crippen LogP contribution in [0.25, 0.3) is 53.9 Å². The van der Waals surface area contributed by atoms with E-state index in [9.17, 15) is 28.8 Å². The minimum atomic E-state index is -1.19. The first-order valence-corrected chi connectivity index (χ1v) is 12.7. The van der Waals surface area contributed by atoms with E-state index in [1.807, 2.05) is 0 Å². The fourth-order valence-electron chi connectivity index (χ4n) is 5.82. The summed E-state index contributed by atoms with van der Waals surface area (Å²) in [6, 6.07) is 12.6. The molecule has 0 spiro atoms. The Morgan fingerprint density at radius 3 is 1.36 bits per heavy atom. The highest BCUT2D eigenvalue weighted by Gasteiger charge is 2.32. The molecule has 3 aliphatic carbocycles. The van der Waals surface area contributed by atoms with Gasteiger partial charge in [-0.05, 0) is 6.07 Å². The van der Waals surface area contributed by atoms with Crippen molar-refractivity contribution in [1.82, 2.24) is 0 Å². The Morgan fingerprint density at radius 1 is 0.462 bits per heavy atom. The van der Waals surface area contributed by atoms with Gasteiger partial charge in [0.2, 0.25) is 0 Å². The van der Waals surface area contributed by atoms with Gasteiger partial charge in [-0.2, -0.15) is 0 Å². The average Bonchev–Trinajstić information content (AvgIpc) is 2.93. The first-order valence-electron chi connectivity index (χ1n) is 11.8. The van der Waals surface area contributed by atoms with Gasteiger partial charge in [0.1, 0.15) is 0 Å². The molecule has 2 unspecified atom stereocenters. The largest absolute Gasteiger partial charge is 0.398 e. The van der Waals surface area contributed by atoms with Crippen molar-refractivity contribution in [3.05, 3.63) is 127 Å². The van der Waals surface area contributed by atoms with Gasteiger partial charge < -0.3 is 5.73 Å². The van der Waals surface area contributed by atoms with Crippen molar-refractivity contribution in [1.29, 1.82) is 0 Å². The summed E-state index contributed by atoms with van der Waals surface area (Å²) in [7, 11) is 0. The summed E-state index contributed by atoms with van der Waals surface area (Å²) in [6.45, 7) is 0. The molecular formula is C30H13Cl2NO6. The Bertz CT molecular complexity index is 2500. The third-order valence-corrected chi connectivity index (χ3v) is 8.76. The number of nitrogen functional groups attached to an aromatic ring is 1. The maximum atomic E-state index is 14.3. The second-order valence-electron chi connectivity index (χ2n) is 9.62. The Hall–Kier alpha value is -4.46. The molecule has 3 aliphatic rings. The molecule has 6 bridgehead atoms. The topological polar surface area (TPSA) is 128 Å². The first-order chi connectivity index (χ1) is 18.6. The summed E-state index contributed by atoms with van der Waals surface area (Å²) in [6.07, 6.45) is 0. The highest BCUT2D eigenvalue weighted by Crippen LogP contribution is 2.41. The number of hydrogen-bond acceptors (Lipinski definition) is 7. The molecule has 0 saturated heterocycles. The Balaban J connectivity index is 2.14. The quantitative estimate of drug-likeness (QED) is 0.173. The average molecular weight is 554 g/mol. The zero-order valence-corrected chi connectivity index (χ0v) is 21.1. The molecule has 0 saturated carbocycles. The molecule has 9 heteroatoms. The monoisotopic (exact) mass is 553 g/mol. The van der Waals surface area contributed by atoms with Crippen molar-refractivity contribution in [2.45, 2.75) is 10.8 Å². The van der Waals surface area contributed by atoms with Crippen molar-refractivity contribution in [2.75, 3.05) is 5.73 Å². The second-order valence-corrected chi connectivity index (χ2v) is 10.6. The van der Waals surface area contributed by atoms with Gasteiger partial charge in [-0.1, -0.05) is 48.5 Å². The molecular weight excluding hydrogens is 541 g/mol. The van der Waals surface area contributed by atoms with E-state index < -0.39 is 75.6 Å². The molecule has 0 aromatic heterocycles. The number of halogens is 2. The van der Waals surface area contributed by atoms with E-state index in [4.69, 9.17) is 28.9 Å². The maximum Gasteiger partial charge on any atom is 0.197 e. The van der Waals surface area contributed by atoms with Gasteiger partial charge in [0.25, 0.3) is 0 Å². The van der Waals surface area contributed by atoms with Crippen LogP contribution >= 0.6 is 23.2 Å². The molecule has 0 aliphatic heterocycles. The minimum absolute atomic E-state index is 0.0154. The number of fused-ring (bicyclic) bond motifs is 3. The third kappa shape index (κ3) is 2.83. The van der Waals surface area contributed by atoms with Crippen molar-refractivity contribution >= 4 is 82.8 Å². The van der Waals surface area contributed by atoms with Gasteiger partial charge in [-0.25, -0.2) is 0 Å². The summed E-state index contributed by atoms with van der Waals surface area (Å²) in [4.78, 5) is 84.7. The summed E-state index contributed by atoms with van der Waals surface area (Å²) < 4.78 is 0. The van der Waals surface area contributed by atoms with Crippen LogP contribution in [0.5, 0.6) is 0 Å². The summed E-state index contributed by atoms with van der Waals surface area (Å²) in [5.74, 6) is 0. The van der Waals surface area contributed by atoms with Crippen LogP contribution in [0.3, 0.4) is 0 Å². The zero-order valence-electron chi connectivity index (χ0n) is 19.6. The predicted molar refractivity (Wildman–Crippen MR) is 156 cm³/mol. The van der Waals surface area contributed by atoms with Crippen LogP contribution in [0.2, 0.25) is 0 Å². The fraction of sp³-hybridized carbons (Fsp3) is 0.0667. The van der Waals surface area contributed by atoms with Crippen LogP contribution in [-0.4, -0.2) is 0 Å². The van der Waals surface area contributed by atoms with Crippen LogP contribution in [-0.2, 0) is 0 Å². The Kier molecular flexibility index (Phi) is 4.72. The minimum Gasteiger partial charge on any atom is -0.398 e. The molecule has 0 radical (unpaired) electrons. The summed E-state index contributed by atoms with van der Waals surface area (Å²) in [5.41, 5.74) is 1.14. The lowest BCUT2D eigenvalue weighted by Gasteiger charge is -2.20. The standard InChI is InChI=1S/C30H13Cl2NO6/c31-23-13-8-9-14(24(23)32)29(38)20-18-17(25(34)10-4-6-11(7-5-10)26(18)35)19(28(13)37)21-22(20)30(39)16-12(27(21)36)2-1-3-15(16)33/h1-9,23-24H,33H2. The lowest BCUT2D eigenvalue weighted by molar-refractivity contribution is 0.855. The summed E-state index contributed by atoms with van der Waals surface area (Å²) in [5, 5.41) is -4.97. The second kappa shape index (κ2) is 7.79. The fourth-order valence-corrected chi connectivity index (χ4v) is 6.43. The number of nitrogens with two attached hydrogens (primary N) is 1. The van der Waals surface area contributed by atoms with Crippen LogP contribution in [0.15, 0.2) is 83.4 Å². The molecule has 2 N–H and O–H groups in total. The Labute approximate surface area is 226 Å². The van der Waals surface area contributed by atoms with Crippen LogP contribution < -0.4 is 38.3 Å². The lowest BCUT2D eigenvalue weighted by Crippen LogP contribution is -2.27. The van der Waals surface area contributed by atoms with Crippen molar-refractivity contribution in [3.63, 3.8) is 0 Å². The first kappa shape index (κ1) is 23.6. The molecule has 7 nitrogen and oxygen atoms in total. The number of anilines is 1. The molecule has 8 aromatic rings. The number of rotatable bonds is 0. The van der Waals surface area contributed by atoms with Crippen molar-refractivity contribution in [2.24, 2.45) is 0 Å². The summed E-state index contributed by atoms with van der Waals surface area (Å²) >= 11 is 13.1. The smallest absolute Gasteiger partial charge is 0.197 e. The number of alkyl halides is 2. The van der Waals surface area contributed by atoms with Crippen molar-refractivity contribution < 1.29 is 0 Å². The SMILES string of the molecule is Nc1cccc2c(=O)c3c4c(=O)c5ccc(c(=O)c(c6c(=O)c7ccc(cc7)c(=O)c46)c3c(=O)c12)C(Cl)C5Cl. The van der Waals surface area contributed by atoms with Gasteiger partial charge >= 0.3 is 0 Å². The molecule has 8 aromatic carbocycles. The van der Waals surface area contributed by atoms with E-state index in [1.54, 1.807) is 0 Å². The van der Waals surface area contributed by atoms with Gasteiger partial charge in [-0.15, -0.1) is 23.2 Å². The van der Waals surface area contributed by atoms with E-state index >= 15 is 0 Å². The van der Waals surface area contributed by atoms with E-state index in [2.05, 4.69) is 0 Å². The molecule has 11 rings (SSSR count). The molecule has 39 heavy (non-hydrogen) atoms. The van der Waals surface area contributed by atoms with E-state index in [0.29, 0.717) is 0 Å². The van der Waals surface area contributed by atoms with Crippen LogP contribution in [0.4, 0.5) is 5.69 Å². The molecule has 0 heterocycles. The Morgan fingerprint density at radius 2 is 0.872 bits per heavy atom. The maximum absolute atomic E-state index is 14.3. The highest BCUT2D eigenvalue weighted by molar-refractivity contribution is 6.32.